The van der Waals surface area contributed by atoms with Gasteiger partial charge in [0.15, 0.2) is 0 Å². The van der Waals surface area contributed by atoms with Crippen molar-refractivity contribution in [3.63, 3.8) is 0 Å². The van der Waals surface area contributed by atoms with Gasteiger partial charge in [-0.2, -0.15) is 0 Å². The Kier molecular flexibility index (Phi) is 5.18. The van der Waals surface area contributed by atoms with Crippen LogP contribution >= 0.6 is 22.7 Å². The molecular formula is C15H21N3O2S2. The van der Waals surface area contributed by atoms with Crippen molar-refractivity contribution < 1.29 is 4.79 Å². The fourth-order valence-corrected chi connectivity index (χ4v) is 4.17. The van der Waals surface area contributed by atoms with Crippen LogP contribution in [-0.4, -0.2) is 27.4 Å². The first-order chi connectivity index (χ1) is 10.3. The third-order valence-corrected chi connectivity index (χ3v) is 5.94. The second kappa shape index (κ2) is 6.75. The van der Waals surface area contributed by atoms with Crippen LogP contribution in [0.15, 0.2) is 10.2 Å². The van der Waals surface area contributed by atoms with E-state index in [4.69, 9.17) is 0 Å². The van der Waals surface area contributed by atoms with Crippen LogP contribution in [0.3, 0.4) is 0 Å². The van der Waals surface area contributed by atoms with Crippen molar-refractivity contribution in [3.05, 3.63) is 36.3 Å². The van der Waals surface area contributed by atoms with Crippen LogP contribution in [0, 0.1) is 20.8 Å². The Morgan fingerprint density at radius 3 is 2.59 bits per heavy atom. The maximum atomic E-state index is 12.4. The van der Waals surface area contributed by atoms with Gasteiger partial charge in [0.25, 0.3) is 0 Å². The van der Waals surface area contributed by atoms with Crippen LogP contribution in [0.25, 0.3) is 0 Å². The largest absolute Gasteiger partial charge is 0.338 e. The summed E-state index contributed by atoms with van der Waals surface area (Å²) in [5.41, 5.74) is 1.90. The Morgan fingerprint density at radius 1 is 1.41 bits per heavy atom. The van der Waals surface area contributed by atoms with Gasteiger partial charge in [0.1, 0.15) is 0 Å². The molecular weight excluding hydrogens is 318 g/mol. The maximum absolute atomic E-state index is 12.4. The average molecular weight is 339 g/mol. The normalized spacial score (nSPS) is 12.4. The summed E-state index contributed by atoms with van der Waals surface area (Å²) in [7, 11) is 1.81. The van der Waals surface area contributed by atoms with Crippen molar-refractivity contribution in [1.82, 2.24) is 14.5 Å². The topological polar surface area (TPSA) is 55.2 Å². The third-order valence-electron chi connectivity index (χ3n) is 3.82. The lowest BCUT2D eigenvalue weighted by Gasteiger charge is -2.24. The van der Waals surface area contributed by atoms with Gasteiger partial charge in [-0.1, -0.05) is 11.3 Å². The van der Waals surface area contributed by atoms with Gasteiger partial charge in [0.05, 0.1) is 16.7 Å². The number of aromatic nitrogens is 2. The number of amides is 1. The van der Waals surface area contributed by atoms with Gasteiger partial charge in [-0.05, 0) is 27.7 Å². The first-order valence-electron chi connectivity index (χ1n) is 7.15. The van der Waals surface area contributed by atoms with E-state index in [1.165, 1.54) is 11.3 Å². The highest BCUT2D eigenvalue weighted by atomic mass is 32.1. The molecule has 2 heterocycles. The van der Waals surface area contributed by atoms with E-state index in [2.05, 4.69) is 4.98 Å². The Morgan fingerprint density at radius 2 is 2.09 bits per heavy atom. The zero-order chi connectivity index (χ0) is 16.4. The molecule has 0 unspecified atom stereocenters. The molecule has 7 heteroatoms. The van der Waals surface area contributed by atoms with Gasteiger partial charge in [0.2, 0.25) is 5.91 Å². The van der Waals surface area contributed by atoms with E-state index in [0.717, 1.165) is 21.3 Å². The molecule has 1 atom stereocenters. The summed E-state index contributed by atoms with van der Waals surface area (Å²) < 4.78 is 1.66. The molecule has 0 bridgehead atoms. The second-order valence-corrected chi connectivity index (χ2v) is 7.46. The van der Waals surface area contributed by atoms with Crippen LogP contribution in [0.5, 0.6) is 0 Å². The van der Waals surface area contributed by atoms with Gasteiger partial charge >= 0.3 is 4.87 Å². The van der Waals surface area contributed by atoms with E-state index in [1.54, 1.807) is 20.8 Å². The molecule has 22 heavy (non-hydrogen) atoms. The van der Waals surface area contributed by atoms with Gasteiger partial charge in [-0.15, -0.1) is 11.3 Å². The number of carbonyl (C=O) groups is 1. The van der Waals surface area contributed by atoms with E-state index in [-0.39, 0.29) is 16.8 Å². The molecule has 2 aromatic heterocycles. The predicted molar refractivity (Wildman–Crippen MR) is 90.7 cm³/mol. The molecule has 0 spiro atoms. The lowest BCUT2D eigenvalue weighted by molar-refractivity contribution is -0.132. The van der Waals surface area contributed by atoms with Crippen LogP contribution in [0.4, 0.5) is 0 Å². The Bertz CT molecular complexity index is 729. The van der Waals surface area contributed by atoms with E-state index in [1.807, 2.05) is 40.1 Å². The van der Waals surface area contributed by atoms with Gasteiger partial charge in [-0.3, -0.25) is 9.59 Å². The van der Waals surface area contributed by atoms with E-state index in [9.17, 15) is 9.59 Å². The Hall–Kier alpha value is -1.47. The van der Waals surface area contributed by atoms with Gasteiger partial charge < -0.3 is 9.47 Å². The van der Waals surface area contributed by atoms with E-state index in [0.29, 0.717) is 13.0 Å². The fraction of sp³-hybridized carbons (Fsp3) is 0.533. The molecule has 2 rings (SSSR count). The second-order valence-electron chi connectivity index (χ2n) is 5.41. The minimum atomic E-state index is -0.00470. The van der Waals surface area contributed by atoms with Crippen molar-refractivity contribution in [2.45, 2.75) is 46.7 Å². The van der Waals surface area contributed by atoms with Crippen molar-refractivity contribution >= 4 is 28.6 Å². The van der Waals surface area contributed by atoms with Crippen LogP contribution in [0.2, 0.25) is 0 Å². The Labute approximate surface area is 138 Å². The number of rotatable bonds is 5. The number of aryl methyl sites for hydroxylation is 3. The molecule has 2 aromatic rings. The first-order valence-corrected chi connectivity index (χ1v) is 8.85. The van der Waals surface area contributed by atoms with Gasteiger partial charge in [0, 0.05) is 36.0 Å². The zero-order valence-electron chi connectivity index (χ0n) is 13.5. The van der Waals surface area contributed by atoms with E-state index < -0.39 is 0 Å². The summed E-state index contributed by atoms with van der Waals surface area (Å²) in [6.07, 6.45) is 0.329. The monoisotopic (exact) mass is 339 g/mol. The third kappa shape index (κ3) is 3.47. The fourth-order valence-electron chi connectivity index (χ4n) is 2.38. The van der Waals surface area contributed by atoms with Crippen molar-refractivity contribution in [1.29, 1.82) is 0 Å². The molecule has 0 N–H and O–H groups in total. The molecule has 0 aliphatic carbocycles. The summed E-state index contributed by atoms with van der Waals surface area (Å²) in [5, 5.41) is 2.84. The van der Waals surface area contributed by atoms with Crippen molar-refractivity contribution in [3.8, 4) is 0 Å². The van der Waals surface area contributed by atoms with Crippen molar-refractivity contribution in [2.75, 3.05) is 7.05 Å². The molecule has 0 aliphatic heterocycles. The molecule has 0 saturated heterocycles. The molecule has 0 fully saturated rings. The summed E-state index contributed by atoms with van der Waals surface area (Å²) in [6.45, 7) is 8.28. The average Bonchev–Trinajstić information content (AvgIpc) is 2.97. The Balaban J connectivity index is 2.03. The number of carbonyl (C=O) groups excluding carboxylic acids is 1. The lowest BCUT2D eigenvalue weighted by atomic mass is 10.2. The first kappa shape index (κ1) is 16.9. The van der Waals surface area contributed by atoms with Crippen LogP contribution in [0.1, 0.15) is 40.7 Å². The molecule has 0 radical (unpaired) electrons. The SMILES string of the molecule is Cc1nc(C)c([C@H](C)N(C)C(=O)CCn2c(C)csc2=O)s1. The van der Waals surface area contributed by atoms with Crippen LogP contribution < -0.4 is 4.87 Å². The molecule has 5 nitrogen and oxygen atoms in total. The quantitative estimate of drug-likeness (QED) is 0.841. The minimum Gasteiger partial charge on any atom is -0.338 e. The minimum absolute atomic E-state index is 0.000932. The summed E-state index contributed by atoms with van der Waals surface area (Å²) in [6, 6.07) is -0.000932. The number of nitrogens with zero attached hydrogens (tertiary/aromatic N) is 3. The molecule has 120 valence electrons. The standard InChI is InChI=1S/C15H21N3O2S2/c1-9-8-21-15(20)18(9)7-6-13(19)17(5)11(3)14-10(2)16-12(4)22-14/h8,11H,6-7H2,1-5H3/t11-/m0/s1. The number of hydrogen-bond acceptors (Lipinski definition) is 5. The molecule has 0 aromatic carbocycles. The smallest absolute Gasteiger partial charge is 0.307 e. The molecule has 0 saturated carbocycles. The summed E-state index contributed by atoms with van der Waals surface area (Å²) >= 11 is 2.81. The lowest BCUT2D eigenvalue weighted by Crippen LogP contribution is -2.31. The maximum Gasteiger partial charge on any atom is 0.307 e. The number of hydrogen-bond donors (Lipinski definition) is 0. The summed E-state index contributed by atoms with van der Waals surface area (Å²) in [4.78, 5) is 31.3. The highest BCUT2D eigenvalue weighted by Crippen LogP contribution is 2.28. The van der Waals surface area contributed by atoms with Crippen molar-refractivity contribution in [2.24, 2.45) is 0 Å². The highest BCUT2D eigenvalue weighted by Gasteiger charge is 2.21. The van der Waals surface area contributed by atoms with E-state index >= 15 is 0 Å². The number of thiazole rings is 2. The highest BCUT2D eigenvalue weighted by molar-refractivity contribution is 7.11. The predicted octanol–water partition coefficient (Wildman–Crippen LogP) is 2.90. The van der Waals surface area contributed by atoms with Crippen LogP contribution in [-0.2, 0) is 11.3 Å². The summed E-state index contributed by atoms with van der Waals surface area (Å²) in [5.74, 6) is 0.0375. The zero-order valence-corrected chi connectivity index (χ0v) is 15.2. The molecule has 0 aliphatic rings. The molecule has 1 amide bonds. The van der Waals surface area contributed by atoms with Gasteiger partial charge in [-0.25, -0.2) is 4.98 Å².